The van der Waals surface area contributed by atoms with Crippen LogP contribution in [0.1, 0.15) is 11.1 Å². The molecule has 0 heterocycles. The second-order valence-corrected chi connectivity index (χ2v) is 5.04. The first kappa shape index (κ1) is 17.7. The van der Waals surface area contributed by atoms with Gasteiger partial charge >= 0.3 is 0 Å². The molecule has 0 saturated carbocycles. The van der Waals surface area contributed by atoms with Gasteiger partial charge < -0.3 is 9.47 Å². The number of methoxy groups -OCH3 is 1. The van der Waals surface area contributed by atoms with Gasteiger partial charge in [-0.1, -0.05) is 24.3 Å². The van der Waals surface area contributed by atoms with Gasteiger partial charge in [0.2, 0.25) is 0 Å². The van der Waals surface area contributed by atoms with Crippen LogP contribution in [0.4, 0.5) is 14.5 Å². The van der Waals surface area contributed by atoms with Crippen LogP contribution in [0.15, 0.2) is 30.8 Å². The van der Waals surface area contributed by atoms with E-state index in [1.54, 1.807) is 0 Å². The van der Waals surface area contributed by atoms with Crippen molar-refractivity contribution in [3.05, 3.63) is 68.7 Å². The summed E-state index contributed by atoms with van der Waals surface area (Å²) < 4.78 is 37.7. The largest absolute Gasteiger partial charge is 0.496 e. The van der Waals surface area contributed by atoms with Crippen LogP contribution in [0, 0.1) is 21.7 Å². The van der Waals surface area contributed by atoms with Gasteiger partial charge in [0.25, 0.3) is 5.69 Å². The molecular weight excluding hydrogens is 344 g/mol. The fourth-order valence-corrected chi connectivity index (χ4v) is 2.27. The van der Waals surface area contributed by atoms with Crippen molar-refractivity contribution in [1.82, 2.24) is 0 Å². The quantitative estimate of drug-likeness (QED) is 0.553. The molecule has 0 aliphatic heterocycles. The minimum absolute atomic E-state index is 0.0619. The number of nitro groups is 1. The average Bonchev–Trinajstić information content (AvgIpc) is 2.56. The maximum atomic E-state index is 13.9. The first-order valence-electron chi connectivity index (χ1n) is 6.63. The van der Waals surface area contributed by atoms with Crippen molar-refractivity contribution in [3.63, 3.8) is 0 Å². The molecular formula is C16H12ClF2NO4. The lowest BCUT2D eigenvalue weighted by molar-refractivity contribution is -0.384. The summed E-state index contributed by atoms with van der Waals surface area (Å²) in [4.78, 5) is 10.3. The molecule has 0 aromatic heterocycles. The van der Waals surface area contributed by atoms with Gasteiger partial charge in [-0.3, -0.25) is 10.1 Å². The highest BCUT2D eigenvalue weighted by Crippen LogP contribution is 2.34. The number of hydrogen-bond acceptors (Lipinski definition) is 4. The van der Waals surface area contributed by atoms with Gasteiger partial charge in [-0.2, -0.15) is 0 Å². The minimum atomic E-state index is -1.11. The number of halogens is 3. The van der Waals surface area contributed by atoms with E-state index in [4.69, 9.17) is 21.1 Å². The summed E-state index contributed by atoms with van der Waals surface area (Å²) in [5.41, 5.74) is -0.143. The number of ether oxygens (including phenoxy) is 2. The van der Waals surface area contributed by atoms with E-state index < -0.39 is 23.2 Å². The maximum absolute atomic E-state index is 13.9. The van der Waals surface area contributed by atoms with Crippen molar-refractivity contribution in [2.45, 2.75) is 6.61 Å². The van der Waals surface area contributed by atoms with Gasteiger partial charge in [-0.15, -0.1) is 0 Å². The Balaban J connectivity index is 2.39. The predicted octanol–water partition coefficient (Wildman–Crippen LogP) is 4.76. The third kappa shape index (κ3) is 3.46. The second-order valence-electron chi connectivity index (χ2n) is 4.63. The van der Waals surface area contributed by atoms with Gasteiger partial charge in [0, 0.05) is 5.56 Å². The topological polar surface area (TPSA) is 61.6 Å². The Morgan fingerprint density at radius 1 is 1.33 bits per heavy atom. The van der Waals surface area contributed by atoms with Gasteiger partial charge in [-0.05, 0) is 18.2 Å². The zero-order chi connectivity index (χ0) is 17.9. The summed E-state index contributed by atoms with van der Waals surface area (Å²) >= 11 is 5.81. The highest BCUT2D eigenvalue weighted by molar-refractivity contribution is 6.32. The highest BCUT2D eigenvalue weighted by Gasteiger charge is 2.19. The standard InChI is InChI=1S/C16H12ClF2NO4/c1-3-9-6-11(17)13(20(21)22)7-15(9)24-8-10-14(23-2)5-4-12(18)16(10)19/h3-7H,1,8H2,2H3. The minimum Gasteiger partial charge on any atom is -0.496 e. The molecule has 24 heavy (non-hydrogen) atoms. The van der Waals surface area contributed by atoms with Gasteiger partial charge in [0.1, 0.15) is 23.1 Å². The summed E-state index contributed by atoms with van der Waals surface area (Å²) in [6.45, 7) is 3.16. The van der Waals surface area contributed by atoms with Crippen LogP contribution in [0.3, 0.4) is 0 Å². The van der Waals surface area contributed by atoms with Gasteiger partial charge in [0.15, 0.2) is 11.6 Å². The number of nitrogens with zero attached hydrogens (tertiary/aromatic N) is 1. The van der Waals surface area contributed by atoms with E-state index in [0.29, 0.717) is 5.56 Å². The zero-order valence-electron chi connectivity index (χ0n) is 12.5. The van der Waals surface area contributed by atoms with Crippen molar-refractivity contribution in [3.8, 4) is 11.5 Å². The van der Waals surface area contributed by atoms with Crippen LogP contribution >= 0.6 is 11.6 Å². The van der Waals surface area contributed by atoms with Gasteiger partial charge in [-0.25, -0.2) is 8.78 Å². The molecule has 5 nitrogen and oxygen atoms in total. The summed E-state index contributed by atoms with van der Waals surface area (Å²) in [5, 5.41) is 10.9. The van der Waals surface area contributed by atoms with Crippen LogP contribution in [-0.2, 0) is 6.61 Å². The molecule has 0 spiro atoms. The SMILES string of the molecule is C=Cc1cc(Cl)c([N+](=O)[O-])cc1OCc1c(OC)ccc(F)c1F. The van der Waals surface area contributed by atoms with Crippen LogP contribution < -0.4 is 9.47 Å². The van der Waals surface area contributed by atoms with E-state index in [-0.39, 0.29) is 27.8 Å². The molecule has 0 aliphatic rings. The Morgan fingerprint density at radius 3 is 2.62 bits per heavy atom. The summed E-state index contributed by atoms with van der Waals surface area (Å²) in [7, 11) is 1.30. The van der Waals surface area contributed by atoms with Crippen LogP contribution in [0.2, 0.25) is 5.02 Å². The lowest BCUT2D eigenvalue weighted by Gasteiger charge is -2.13. The van der Waals surface area contributed by atoms with E-state index in [2.05, 4.69) is 6.58 Å². The fourth-order valence-electron chi connectivity index (χ4n) is 2.03. The molecule has 2 aromatic rings. The Bertz CT molecular complexity index is 811. The molecule has 0 amide bonds. The molecule has 0 unspecified atom stereocenters. The van der Waals surface area contributed by atoms with Crippen LogP contribution in [-0.4, -0.2) is 12.0 Å². The van der Waals surface area contributed by atoms with Crippen molar-refractivity contribution < 1.29 is 23.2 Å². The second kappa shape index (κ2) is 7.27. The Morgan fingerprint density at radius 2 is 2.04 bits per heavy atom. The third-order valence-electron chi connectivity index (χ3n) is 3.24. The highest BCUT2D eigenvalue weighted by atomic mass is 35.5. The van der Waals surface area contributed by atoms with Crippen LogP contribution in [0.25, 0.3) is 6.08 Å². The van der Waals surface area contributed by atoms with Crippen molar-refractivity contribution >= 4 is 23.4 Å². The first-order valence-corrected chi connectivity index (χ1v) is 7.00. The molecule has 0 saturated heterocycles. The molecule has 0 aliphatic carbocycles. The molecule has 0 fully saturated rings. The van der Waals surface area contributed by atoms with Crippen molar-refractivity contribution in [1.29, 1.82) is 0 Å². The molecule has 8 heteroatoms. The number of rotatable bonds is 6. The van der Waals surface area contributed by atoms with Crippen molar-refractivity contribution in [2.75, 3.05) is 7.11 Å². The Kier molecular flexibility index (Phi) is 5.35. The van der Waals surface area contributed by atoms with E-state index >= 15 is 0 Å². The predicted molar refractivity (Wildman–Crippen MR) is 85.4 cm³/mol. The maximum Gasteiger partial charge on any atom is 0.291 e. The fraction of sp³-hybridized carbons (Fsp3) is 0.125. The van der Waals surface area contributed by atoms with E-state index in [1.165, 1.54) is 25.3 Å². The molecule has 0 radical (unpaired) electrons. The van der Waals surface area contributed by atoms with Gasteiger partial charge in [0.05, 0.1) is 23.7 Å². The molecule has 2 aromatic carbocycles. The molecule has 0 atom stereocenters. The van der Waals surface area contributed by atoms with E-state index in [0.717, 1.165) is 12.1 Å². The molecule has 2 rings (SSSR count). The number of benzene rings is 2. The molecule has 126 valence electrons. The smallest absolute Gasteiger partial charge is 0.291 e. The monoisotopic (exact) mass is 355 g/mol. The lowest BCUT2D eigenvalue weighted by Crippen LogP contribution is -2.05. The van der Waals surface area contributed by atoms with E-state index in [9.17, 15) is 18.9 Å². The Labute approximate surface area is 141 Å². The third-order valence-corrected chi connectivity index (χ3v) is 3.54. The summed E-state index contributed by atoms with van der Waals surface area (Å²) in [6, 6.07) is 4.60. The number of nitro benzene ring substituents is 1. The summed E-state index contributed by atoms with van der Waals surface area (Å²) in [5.74, 6) is -2.01. The Hall–Kier alpha value is -2.67. The van der Waals surface area contributed by atoms with Crippen molar-refractivity contribution in [2.24, 2.45) is 0 Å². The average molecular weight is 356 g/mol. The zero-order valence-corrected chi connectivity index (χ0v) is 13.3. The lowest BCUT2D eigenvalue weighted by atomic mass is 10.1. The van der Waals surface area contributed by atoms with Crippen LogP contribution in [0.5, 0.6) is 11.5 Å². The molecule has 0 bridgehead atoms. The normalized spacial score (nSPS) is 10.3. The first-order chi connectivity index (χ1) is 11.4. The molecule has 0 N–H and O–H groups in total. The van der Waals surface area contributed by atoms with E-state index in [1.807, 2.05) is 0 Å². The number of hydrogen-bond donors (Lipinski definition) is 0. The summed E-state index contributed by atoms with van der Waals surface area (Å²) in [6.07, 6.45) is 1.38.